The van der Waals surface area contributed by atoms with Gasteiger partial charge in [-0.15, -0.1) is 0 Å². The number of halogens is 2. The fraction of sp³-hybridized carbons (Fsp3) is 0.364. The molecule has 1 N–H and O–H groups in total. The van der Waals surface area contributed by atoms with E-state index in [1.54, 1.807) is 26.0 Å². The van der Waals surface area contributed by atoms with Crippen molar-refractivity contribution >= 4 is 29.0 Å². The molecular formula is C11H12Cl2O2. The average molecular weight is 247 g/mol. The molecule has 0 heterocycles. The third-order valence-corrected chi connectivity index (χ3v) is 2.66. The Bertz CT molecular complexity index is 375. The van der Waals surface area contributed by atoms with Gasteiger partial charge in [-0.2, -0.15) is 0 Å². The van der Waals surface area contributed by atoms with Crippen LogP contribution in [-0.4, -0.2) is 10.9 Å². The van der Waals surface area contributed by atoms with E-state index in [9.17, 15) is 9.90 Å². The van der Waals surface area contributed by atoms with E-state index < -0.39 is 6.10 Å². The van der Waals surface area contributed by atoms with E-state index in [0.717, 1.165) is 0 Å². The van der Waals surface area contributed by atoms with Crippen molar-refractivity contribution in [2.75, 3.05) is 0 Å². The molecule has 82 valence electrons. The Morgan fingerprint density at radius 3 is 2.40 bits per heavy atom. The molecule has 0 aliphatic carbocycles. The second-order valence-corrected chi connectivity index (χ2v) is 4.47. The number of carbonyl (C=O) groups is 1. The first-order valence-corrected chi connectivity index (χ1v) is 5.35. The molecule has 0 aliphatic rings. The van der Waals surface area contributed by atoms with Gasteiger partial charge in [0.05, 0.1) is 0 Å². The molecule has 15 heavy (non-hydrogen) atoms. The smallest absolute Gasteiger partial charge is 0.168 e. The second kappa shape index (κ2) is 4.97. The van der Waals surface area contributed by atoms with Crippen LogP contribution in [0.3, 0.4) is 0 Å². The van der Waals surface area contributed by atoms with Gasteiger partial charge >= 0.3 is 0 Å². The molecule has 0 radical (unpaired) electrons. The van der Waals surface area contributed by atoms with Crippen molar-refractivity contribution in [1.82, 2.24) is 0 Å². The minimum atomic E-state index is -1.17. The summed E-state index contributed by atoms with van der Waals surface area (Å²) in [5.74, 6) is -0.481. The van der Waals surface area contributed by atoms with Crippen LogP contribution in [0.2, 0.25) is 10.0 Å². The molecule has 1 rings (SSSR count). The summed E-state index contributed by atoms with van der Waals surface area (Å²) in [5.41, 5.74) is 0.403. The quantitative estimate of drug-likeness (QED) is 0.890. The topological polar surface area (TPSA) is 37.3 Å². The van der Waals surface area contributed by atoms with Crippen molar-refractivity contribution in [3.63, 3.8) is 0 Å². The van der Waals surface area contributed by atoms with E-state index in [4.69, 9.17) is 23.2 Å². The van der Waals surface area contributed by atoms with Crippen LogP contribution in [-0.2, 0) is 4.79 Å². The van der Waals surface area contributed by atoms with Crippen molar-refractivity contribution in [1.29, 1.82) is 0 Å². The van der Waals surface area contributed by atoms with Gasteiger partial charge in [0.2, 0.25) is 0 Å². The number of rotatable bonds is 3. The summed E-state index contributed by atoms with van der Waals surface area (Å²) in [6, 6.07) is 4.67. The highest BCUT2D eigenvalue weighted by Crippen LogP contribution is 2.28. The summed E-state index contributed by atoms with van der Waals surface area (Å²) in [5, 5.41) is 10.5. The van der Waals surface area contributed by atoms with Crippen molar-refractivity contribution < 1.29 is 9.90 Å². The monoisotopic (exact) mass is 246 g/mol. The largest absolute Gasteiger partial charge is 0.380 e. The van der Waals surface area contributed by atoms with Crippen LogP contribution in [0.1, 0.15) is 25.5 Å². The van der Waals surface area contributed by atoms with E-state index in [2.05, 4.69) is 0 Å². The highest BCUT2D eigenvalue weighted by atomic mass is 35.5. The lowest BCUT2D eigenvalue weighted by Crippen LogP contribution is -2.17. The normalized spacial score (nSPS) is 12.9. The number of Topliss-reactive ketones (excluding diaryl/α,β-unsaturated/α-hetero) is 1. The Balaban J connectivity index is 3.01. The summed E-state index contributed by atoms with van der Waals surface area (Å²) in [6.07, 6.45) is -1.17. The van der Waals surface area contributed by atoms with Gasteiger partial charge in [-0.1, -0.05) is 43.1 Å². The minimum absolute atomic E-state index is 0.230. The molecule has 0 saturated carbocycles. The molecule has 0 saturated heterocycles. The maximum absolute atomic E-state index is 11.5. The number of benzene rings is 1. The number of aliphatic hydroxyl groups excluding tert-OH is 1. The molecule has 2 nitrogen and oxygen atoms in total. The Labute approximate surface area is 98.8 Å². The van der Waals surface area contributed by atoms with E-state index >= 15 is 0 Å². The van der Waals surface area contributed by atoms with Crippen LogP contribution in [0, 0.1) is 5.92 Å². The van der Waals surface area contributed by atoms with Gasteiger partial charge in [0.1, 0.15) is 6.10 Å². The lowest BCUT2D eigenvalue weighted by atomic mass is 9.98. The summed E-state index contributed by atoms with van der Waals surface area (Å²) in [4.78, 5) is 11.5. The molecule has 1 aromatic rings. The summed E-state index contributed by atoms with van der Waals surface area (Å²) < 4.78 is 0. The highest BCUT2D eigenvalue weighted by Gasteiger charge is 2.22. The van der Waals surface area contributed by atoms with Gasteiger partial charge in [-0.05, 0) is 12.1 Å². The first kappa shape index (κ1) is 12.5. The Kier molecular flexibility index (Phi) is 4.14. The molecule has 0 bridgehead atoms. The van der Waals surface area contributed by atoms with Crippen molar-refractivity contribution in [2.45, 2.75) is 20.0 Å². The molecule has 0 spiro atoms. The van der Waals surface area contributed by atoms with Crippen LogP contribution in [0.15, 0.2) is 18.2 Å². The number of hydrogen-bond donors (Lipinski definition) is 1. The first-order chi connectivity index (χ1) is 6.93. The minimum Gasteiger partial charge on any atom is -0.380 e. The van der Waals surface area contributed by atoms with E-state index in [1.165, 1.54) is 6.07 Å². The third kappa shape index (κ3) is 2.94. The average Bonchev–Trinajstić information content (AvgIpc) is 2.15. The molecular weight excluding hydrogens is 235 g/mol. The van der Waals surface area contributed by atoms with Crippen LogP contribution in [0.25, 0.3) is 0 Å². The van der Waals surface area contributed by atoms with Gasteiger partial charge < -0.3 is 5.11 Å². The molecule has 0 fully saturated rings. The SMILES string of the molecule is CC(C)C(=O)C(O)c1ccc(Cl)cc1Cl. The molecule has 1 unspecified atom stereocenters. The predicted molar refractivity (Wildman–Crippen MR) is 61.3 cm³/mol. The molecule has 0 aliphatic heterocycles. The lowest BCUT2D eigenvalue weighted by molar-refractivity contribution is -0.130. The molecule has 0 amide bonds. The Morgan fingerprint density at radius 2 is 1.93 bits per heavy atom. The predicted octanol–water partition coefficient (Wildman–Crippen LogP) is 3.25. The standard InChI is InChI=1S/C11H12Cl2O2/c1-6(2)10(14)11(15)8-4-3-7(12)5-9(8)13/h3-6,11,15H,1-2H3. The second-order valence-electron chi connectivity index (χ2n) is 3.63. The van der Waals surface area contributed by atoms with Gasteiger partial charge in [-0.3, -0.25) is 4.79 Å². The van der Waals surface area contributed by atoms with Crippen molar-refractivity contribution in [3.8, 4) is 0 Å². The molecule has 4 heteroatoms. The van der Waals surface area contributed by atoms with Gasteiger partial charge in [0.15, 0.2) is 5.78 Å². The van der Waals surface area contributed by atoms with E-state index in [0.29, 0.717) is 15.6 Å². The summed E-state index contributed by atoms with van der Waals surface area (Å²) >= 11 is 11.6. The summed E-state index contributed by atoms with van der Waals surface area (Å²) in [6.45, 7) is 3.46. The maximum atomic E-state index is 11.5. The number of ketones is 1. The number of hydrogen-bond acceptors (Lipinski definition) is 2. The van der Waals surface area contributed by atoms with Gasteiger partial charge in [0.25, 0.3) is 0 Å². The number of carbonyl (C=O) groups excluding carboxylic acids is 1. The third-order valence-electron chi connectivity index (χ3n) is 2.10. The highest BCUT2D eigenvalue weighted by molar-refractivity contribution is 6.35. The van der Waals surface area contributed by atoms with Gasteiger partial charge in [-0.25, -0.2) is 0 Å². The zero-order chi connectivity index (χ0) is 11.6. The van der Waals surface area contributed by atoms with Gasteiger partial charge in [0, 0.05) is 21.5 Å². The van der Waals surface area contributed by atoms with Crippen LogP contribution < -0.4 is 0 Å². The molecule has 1 aromatic carbocycles. The number of aliphatic hydroxyl groups is 1. The Hall–Kier alpha value is -0.570. The van der Waals surface area contributed by atoms with Crippen molar-refractivity contribution in [3.05, 3.63) is 33.8 Å². The van der Waals surface area contributed by atoms with Crippen molar-refractivity contribution in [2.24, 2.45) is 5.92 Å². The van der Waals surface area contributed by atoms with Crippen LogP contribution in [0.4, 0.5) is 0 Å². The first-order valence-electron chi connectivity index (χ1n) is 4.60. The summed E-state index contributed by atoms with van der Waals surface area (Å²) in [7, 11) is 0. The maximum Gasteiger partial charge on any atom is 0.168 e. The fourth-order valence-electron chi connectivity index (χ4n) is 1.19. The lowest BCUT2D eigenvalue weighted by Gasteiger charge is -2.13. The van der Waals surface area contributed by atoms with E-state index in [-0.39, 0.29) is 11.7 Å². The molecule has 1 atom stereocenters. The zero-order valence-corrected chi connectivity index (χ0v) is 10.0. The van der Waals surface area contributed by atoms with Crippen LogP contribution >= 0.6 is 23.2 Å². The zero-order valence-electron chi connectivity index (χ0n) is 8.50. The molecule has 0 aromatic heterocycles. The van der Waals surface area contributed by atoms with Crippen LogP contribution in [0.5, 0.6) is 0 Å². The van der Waals surface area contributed by atoms with E-state index in [1.807, 2.05) is 0 Å². The fourth-order valence-corrected chi connectivity index (χ4v) is 1.70. The Morgan fingerprint density at radius 1 is 1.33 bits per heavy atom.